The lowest BCUT2D eigenvalue weighted by Crippen LogP contribution is -2.51. The summed E-state index contributed by atoms with van der Waals surface area (Å²) in [4.78, 5) is 17.3. The molecule has 1 aliphatic heterocycles. The second-order valence-corrected chi connectivity index (χ2v) is 14.1. The zero-order valence-electron chi connectivity index (χ0n) is 18.0. The molecule has 6 nitrogen and oxygen atoms in total. The van der Waals surface area contributed by atoms with E-state index in [2.05, 4.69) is 9.97 Å². The van der Waals surface area contributed by atoms with Gasteiger partial charge in [-0.25, -0.2) is 13.6 Å². The Labute approximate surface area is 176 Å². The van der Waals surface area contributed by atoms with E-state index < -0.39 is 38.2 Å². The van der Waals surface area contributed by atoms with Crippen molar-refractivity contribution in [2.45, 2.75) is 76.0 Å². The summed E-state index contributed by atoms with van der Waals surface area (Å²) in [5.74, 6) is -3.61. The van der Waals surface area contributed by atoms with Crippen LogP contribution in [0.15, 0.2) is 34.8 Å². The predicted octanol–water partition coefficient (Wildman–Crippen LogP) is 4.30. The fraction of sp³-hybridized carbons (Fsp3) is 0.571. The van der Waals surface area contributed by atoms with Crippen molar-refractivity contribution >= 4 is 14.1 Å². The molecule has 1 aliphatic carbocycles. The Morgan fingerprint density at radius 1 is 1.40 bits per heavy atom. The van der Waals surface area contributed by atoms with E-state index in [0.717, 1.165) is 18.2 Å². The molecule has 165 valence electrons. The summed E-state index contributed by atoms with van der Waals surface area (Å²) < 4.78 is 43.5. The number of aromatic amines is 1. The van der Waals surface area contributed by atoms with Crippen molar-refractivity contribution in [3.63, 3.8) is 0 Å². The first kappa shape index (κ1) is 22.8. The van der Waals surface area contributed by atoms with Crippen LogP contribution in [0.4, 0.5) is 14.6 Å². The van der Waals surface area contributed by atoms with E-state index in [0.29, 0.717) is 6.42 Å². The first-order valence-electron chi connectivity index (χ1n) is 10.1. The van der Waals surface area contributed by atoms with E-state index in [1.165, 1.54) is 0 Å². The van der Waals surface area contributed by atoms with Crippen LogP contribution in [0.1, 0.15) is 45.3 Å². The molecule has 1 fully saturated rings. The van der Waals surface area contributed by atoms with Gasteiger partial charge >= 0.3 is 11.6 Å². The second kappa shape index (κ2) is 8.01. The van der Waals surface area contributed by atoms with Crippen LogP contribution >= 0.6 is 0 Å². The van der Waals surface area contributed by atoms with Gasteiger partial charge in [0.25, 0.3) is 0 Å². The summed E-state index contributed by atoms with van der Waals surface area (Å²) in [5, 5.41) is -0.247. The molecule has 0 bridgehead atoms. The monoisotopic (exact) mass is 438 g/mol. The molecule has 0 unspecified atom stereocenters. The maximum absolute atomic E-state index is 15.7. The minimum absolute atomic E-state index is 0.0348. The molecule has 0 saturated carbocycles. The molecule has 0 aromatic carbocycles. The lowest BCUT2D eigenvalue weighted by Gasteiger charge is -2.40. The van der Waals surface area contributed by atoms with Crippen LogP contribution in [0.2, 0.25) is 18.1 Å². The molecule has 9 heteroatoms. The molecule has 1 radical (unpaired) electrons. The van der Waals surface area contributed by atoms with Gasteiger partial charge in [0.2, 0.25) is 0 Å². The number of nitrogens with two attached hydrogens (primary N) is 1. The van der Waals surface area contributed by atoms with Crippen LogP contribution in [0.5, 0.6) is 0 Å². The smallest absolute Gasteiger partial charge is 0.346 e. The van der Waals surface area contributed by atoms with Crippen molar-refractivity contribution in [1.29, 1.82) is 0 Å². The number of nitrogens with zero attached hydrogens (tertiary/aromatic N) is 1. The van der Waals surface area contributed by atoms with Crippen LogP contribution < -0.4 is 11.4 Å². The van der Waals surface area contributed by atoms with Crippen molar-refractivity contribution < 1.29 is 17.9 Å². The van der Waals surface area contributed by atoms with Crippen LogP contribution in [0.25, 0.3) is 0 Å². The third kappa shape index (κ3) is 4.43. The van der Waals surface area contributed by atoms with E-state index in [1.54, 1.807) is 0 Å². The van der Waals surface area contributed by atoms with Gasteiger partial charge in [0, 0.05) is 11.8 Å². The molecule has 0 spiro atoms. The predicted molar refractivity (Wildman–Crippen MR) is 115 cm³/mol. The summed E-state index contributed by atoms with van der Waals surface area (Å²) in [6, 6.07) is 0. The Balaban J connectivity index is 1.98. The van der Waals surface area contributed by atoms with Gasteiger partial charge in [-0.1, -0.05) is 44.6 Å². The van der Waals surface area contributed by atoms with Gasteiger partial charge < -0.3 is 19.9 Å². The van der Waals surface area contributed by atoms with Gasteiger partial charge in [-0.2, -0.15) is 4.98 Å². The number of ether oxygens (including phenoxy) is 1. The molecule has 1 aromatic heterocycles. The van der Waals surface area contributed by atoms with E-state index in [4.69, 9.17) is 14.9 Å². The highest BCUT2D eigenvalue weighted by atomic mass is 28.4. The van der Waals surface area contributed by atoms with Gasteiger partial charge in [0.1, 0.15) is 11.9 Å². The van der Waals surface area contributed by atoms with Crippen LogP contribution in [0.3, 0.4) is 0 Å². The molecule has 3 atom stereocenters. The number of alkyl halides is 2. The summed E-state index contributed by atoms with van der Waals surface area (Å²) in [6.45, 7) is 9.90. The zero-order chi connectivity index (χ0) is 22.3. The van der Waals surface area contributed by atoms with E-state index in [1.807, 2.05) is 58.5 Å². The number of hydrogen-bond donors (Lipinski definition) is 2. The average molecular weight is 439 g/mol. The Kier molecular flexibility index (Phi) is 6.10. The number of rotatable bonds is 5. The van der Waals surface area contributed by atoms with Gasteiger partial charge in [0.15, 0.2) is 14.4 Å². The molecular formula is C21H30F2N3O3Si. The van der Waals surface area contributed by atoms with Gasteiger partial charge in [0.05, 0.1) is 6.10 Å². The van der Waals surface area contributed by atoms with Gasteiger partial charge in [-0.3, -0.25) is 0 Å². The van der Waals surface area contributed by atoms with E-state index in [-0.39, 0.29) is 16.4 Å². The van der Waals surface area contributed by atoms with Crippen molar-refractivity contribution in [2.24, 2.45) is 0 Å². The minimum atomic E-state index is -3.35. The third-order valence-corrected chi connectivity index (χ3v) is 10.6. The first-order chi connectivity index (χ1) is 13.8. The van der Waals surface area contributed by atoms with E-state index >= 15 is 8.78 Å². The number of aromatic nitrogens is 2. The van der Waals surface area contributed by atoms with Crippen molar-refractivity contribution in [3.05, 3.63) is 52.5 Å². The lowest BCUT2D eigenvalue weighted by molar-refractivity contribution is -0.109. The summed E-state index contributed by atoms with van der Waals surface area (Å²) in [5.41, 5.74) is 5.98. The normalized spacial score (nSPS) is 26.6. The zero-order valence-corrected chi connectivity index (χ0v) is 19.0. The number of allylic oxidation sites excluding steroid dienone is 3. The quantitative estimate of drug-likeness (QED) is 0.669. The highest BCUT2D eigenvalue weighted by Crippen LogP contribution is 2.51. The highest BCUT2D eigenvalue weighted by molar-refractivity contribution is 6.74. The summed E-state index contributed by atoms with van der Waals surface area (Å²) in [7, 11) is -2.53. The molecule has 0 amide bonds. The number of halogens is 2. The molecule has 1 saturated heterocycles. The summed E-state index contributed by atoms with van der Waals surface area (Å²) in [6.07, 6.45) is 6.06. The Morgan fingerprint density at radius 3 is 2.67 bits per heavy atom. The minimum Gasteiger partial charge on any atom is -0.405 e. The first-order valence-corrected chi connectivity index (χ1v) is 13.0. The summed E-state index contributed by atoms with van der Waals surface area (Å²) >= 11 is 0. The van der Waals surface area contributed by atoms with Crippen LogP contribution in [-0.4, -0.2) is 36.4 Å². The Bertz CT molecular complexity index is 905. The molecule has 30 heavy (non-hydrogen) atoms. The number of anilines is 1. The van der Waals surface area contributed by atoms with Crippen LogP contribution in [0, 0.1) is 6.42 Å². The van der Waals surface area contributed by atoms with Crippen molar-refractivity contribution in [3.8, 4) is 0 Å². The highest BCUT2D eigenvalue weighted by Gasteiger charge is 2.62. The average Bonchev–Trinajstić information content (AvgIpc) is 2.86. The number of nitrogens with one attached hydrogen (secondary N) is 1. The maximum Gasteiger partial charge on any atom is 0.346 e. The second-order valence-electron chi connectivity index (χ2n) is 9.39. The molecule has 3 N–H and O–H groups in total. The van der Waals surface area contributed by atoms with Crippen molar-refractivity contribution in [2.75, 3.05) is 5.73 Å². The standard InChI is InChI=1S/C21H30F2N3O3Si/c1-20(2,3)30(4,5)29-17-15(11-13-9-7-6-8-10-13)28-16(21(17,22)23)14-12-25-19(27)26-18(14)24/h6-7,9-10,12,15-17H,8,11H2,1-5H3,(H3,24,25,26,27)/t15-,16-,17-/m1/s1. The largest absolute Gasteiger partial charge is 0.405 e. The fourth-order valence-electron chi connectivity index (χ4n) is 3.39. The van der Waals surface area contributed by atoms with Crippen molar-refractivity contribution in [1.82, 2.24) is 9.97 Å². The molecule has 3 rings (SSSR count). The molecule has 2 aliphatic rings. The molecule has 1 aromatic rings. The maximum atomic E-state index is 15.7. The van der Waals surface area contributed by atoms with Gasteiger partial charge in [-0.15, -0.1) is 0 Å². The van der Waals surface area contributed by atoms with E-state index in [9.17, 15) is 4.79 Å². The van der Waals surface area contributed by atoms with Crippen LogP contribution in [-0.2, 0) is 9.16 Å². The number of nitrogen functional groups attached to an aromatic ring is 1. The lowest BCUT2D eigenvalue weighted by atomic mass is 9.95. The molecule has 2 heterocycles. The Morgan fingerprint density at radius 2 is 2.10 bits per heavy atom. The number of H-pyrrole nitrogens is 1. The molecular weight excluding hydrogens is 408 g/mol. The third-order valence-electron chi connectivity index (χ3n) is 6.16. The SMILES string of the molecule is CC(C)(C)[Si](C)(C)O[C@@H]1[C@@H](CC2=CC=CC[CH]2)O[C@H](c2c[nH]c(=O)nc2N)C1(F)F. The number of hydrogen-bond acceptors (Lipinski definition) is 5. The topological polar surface area (TPSA) is 90.2 Å². The fourth-order valence-corrected chi connectivity index (χ4v) is 4.69. The van der Waals surface area contributed by atoms with Gasteiger partial charge in [-0.05, 0) is 37.4 Å². The Hall–Kier alpha value is -1.84.